The highest BCUT2D eigenvalue weighted by molar-refractivity contribution is 5.80. The van der Waals surface area contributed by atoms with Crippen LogP contribution >= 0.6 is 0 Å². The van der Waals surface area contributed by atoms with Crippen molar-refractivity contribution < 1.29 is 25.2 Å². The van der Waals surface area contributed by atoms with E-state index in [1.807, 2.05) is 0 Å². The number of aliphatic hydroxyl groups is 4. The van der Waals surface area contributed by atoms with Gasteiger partial charge in [0, 0.05) is 0 Å². The molecule has 0 heterocycles. The van der Waals surface area contributed by atoms with Crippen LogP contribution in [0.5, 0.6) is 0 Å². The summed E-state index contributed by atoms with van der Waals surface area (Å²) >= 11 is 0. The third kappa shape index (κ3) is 32.9. The van der Waals surface area contributed by atoms with Crippen LogP contribution in [-0.4, -0.2) is 57.3 Å². The minimum atomic E-state index is -1.25. The molecule has 0 aliphatic carbocycles. The molecule has 0 radical (unpaired) electrons. The average Bonchev–Trinajstić information content (AvgIpc) is 3.11. The highest BCUT2D eigenvalue weighted by atomic mass is 16.3. The summed E-state index contributed by atoms with van der Waals surface area (Å²) in [5.74, 6) is -0.580. The number of aliphatic hydroxyl groups excluding tert-OH is 4. The summed E-state index contributed by atoms with van der Waals surface area (Å²) < 4.78 is 0. The fourth-order valence-corrected chi connectivity index (χ4v) is 7.05. The largest absolute Gasteiger partial charge is 0.394 e. The first-order chi connectivity index (χ1) is 24.0. The van der Waals surface area contributed by atoms with Gasteiger partial charge in [0.15, 0.2) is 0 Å². The number of carbonyl (C=O) groups is 1. The van der Waals surface area contributed by atoms with Gasteiger partial charge in [0.2, 0.25) is 5.91 Å². The SMILES string of the molecule is CCCCCCCCCCCCCCCCCCCCC(O)C(O)C(CO)NC(=O)C(O)CCCCCCCCCCCCCCCCC. The van der Waals surface area contributed by atoms with Gasteiger partial charge in [-0.25, -0.2) is 0 Å². The smallest absolute Gasteiger partial charge is 0.249 e. The lowest BCUT2D eigenvalue weighted by Gasteiger charge is -2.27. The quantitative estimate of drug-likeness (QED) is 0.0409. The van der Waals surface area contributed by atoms with E-state index in [-0.39, 0.29) is 0 Å². The Balaban J connectivity index is 3.70. The maximum atomic E-state index is 12.5. The van der Waals surface area contributed by atoms with Crippen LogP contribution in [0.3, 0.4) is 0 Å². The number of nitrogens with one attached hydrogen (secondary N) is 1. The minimum Gasteiger partial charge on any atom is -0.394 e. The molecule has 0 fully saturated rings. The van der Waals surface area contributed by atoms with Gasteiger partial charge in [0.1, 0.15) is 12.2 Å². The molecule has 0 aromatic carbocycles. The maximum Gasteiger partial charge on any atom is 0.249 e. The zero-order chi connectivity index (χ0) is 36.0. The number of hydrogen-bond acceptors (Lipinski definition) is 5. The predicted octanol–water partition coefficient (Wildman–Crippen LogP) is 11.2. The van der Waals surface area contributed by atoms with Gasteiger partial charge in [-0.2, -0.15) is 0 Å². The number of rotatable bonds is 40. The fourth-order valence-electron chi connectivity index (χ4n) is 7.05. The molecule has 0 aromatic rings. The molecule has 0 saturated heterocycles. The molecule has 0 spiro atoms. The van der Waals surface area contributed by atoms with Crippen molar-refractivity contribution in [3.05, 3.63) is 0 Å². The molecule has 0 bridgehead atoms. The van der Waals surface area contributed by atoms with Gasteiger partial charge < -0.3 is 25.7 Å². The van der Waals surface area contributed by atoms with E-state index >= 15 is 0 Å². The molecule has 0 saturated carbocycles. The summed E-state index contributed by atoms with van der Waals surface area (Å²) in [4.78, 5) is 12.5. The molecule has 0 aromatic heterocycles. The van der Waals surface area contributed by atoms with Gasteiger partial charge in [-0.05, 0) is 12.8 Å². The van der Waals surface area contributed by atoms with Gasteiger partial charge in [0.05, 0.1) is 18.8 Å². The summed E-state index contributed by atoms with van der Waals surface area (Å²) in [6.45, 7) is 4.06. The Morgan fingerprint density at radius 1 is 0.429 bits per heavy atom. The highest BCUT2D eigenvalue weighted by Gasteiger charge is 2.28. The minimum absolute atomic E-state index is 0.375. The topological polar surface area (TPSA) is 110 Å². The van der Waals surface area contributed by atoms with E-state index in [1.165, 1.54) is 173 Å². The molecule has 0 aliphatic heterocycles. The molecule has 4 atom stereocenters. The molecule has 49 heavy (non-hydrogen) atoms. The monoisotopic (exact) mass is 698 g/mol. The van der Waals surface area contributed by atoms with Crippen LogP contribution in [0.25, 0.3) is 0 Å². The Labute approximate surface area is 305 Å². The van der Waals surface area contributed by atoms with Crippen molar-refractivity contribution in [1.82, 2.24) is 5.32 Å². The second-order valence-electron chi connectivity index (χ2n) is 15.4. The maximum absolute atomic E-state index is 12.5. The van der Waals surface area contributed by atoms with E-state index < -0.39 is 36.9 Å². The molecule has 4 unspecified atom stereocenters. The average molecular weight is 698 g/mol. The van der Waals surface area contributed by atoms with Gasteiger partial charge in [-0.1, -0.05) is 226 Å². The van der Waals surface area contributed by atoms with Gasteiger partial charge in [0.25, 0.3) is 0 Å². The van der Waals surface area contributed by atoms with Crippen molar-refractivity contribution in [3.8, 4) is 0 Å². The van der Waals surface area contributed by atoms with E-state index in [2.05, 4.69) is 19.2 Å². The van der Waals surface area contributed by atoms with Crippen LogP contribution < -0.4 is 5.32 Å². The first kappa shape index (κ1) is 48.3. The Kier molecular flexibility index (Phi) is 38.0. The molecule has 0 rings (SSSR count). The number of amides is 1. The zero-order valence-corrected chi connectivity index (χ0v) is 33.0. The van der Waals surface area contributed by atoms with Crippen LogP contribution in [0.4, 0.5) is 0 Å². The van der Waals surface area contributed by atoms with E-state index in [1.54, 1.807) is 0 Å². The molecular formula is C43H87NO5. The van der Waals surface area contributed by atoms with Crippen LogP contribution in [0.2, 0.25) is 0 Å². The lowest BCUT2D eigenvalue weighted by atomic mass is 9.99. The summed E-state index contributed by atoms with van der Waals surface area (Å²) in [5.41, 5.74) is 0. The molecule has 0 aliphatic rings. The second kappa shape index (κ2) is 38.5. The Bertz CT molecular complexity index is 662. The summed E-state index contributed by atoms with van der Waals surface area (Å²) in [6.07, 6.45) is 39.8. The molecule has 294 valence electrons. The summed E-state index contributed by atoms with van der Waals surface area (Å²) in [6, 6.07) is -0.978. The number of unbranched alkanes of at least 4 members (excludes halogenated alkanes) is 31. The van der Waals surface area contributed by atoms with Crippen molar-refractivity contribution in [2.45, 2.75) is 263 Å². The molecular weight excluding hydrogens is 610 g/mol. The third-order valence-corrected chi connectivity index (χ3v) is 10.6. The first-order valence-corrected chi connectivity index (χ1v) is 21.9. The van der Waals surface area contributed by atoms with E-state index in [9.17, 15) is 25.2 Å². The molecule has 1 amide bonds. The Hall–Kier alpha value is -0.690. The standard InChI is InChI=1S/C43H87NO5/c1-3-5-7-9-11-13-15-17-19-20-21-23-24-26-28-30-32-34-36-40(46)42(48)39(38-45)44-43(49)41(47)37-35-33-31-29-27-25-22-18-16-14-12-10-8-6-4-2/h39-42,45-48H,3-38H2,1-2H3,(H,44,49). The van der Waals surface area contributed by atoms with E-state index in [0.717, 1.165) is 38.5 Å². The second-order valence-corrected chi connectivity index (χ2v) is 15.4. The number of carbonyl (C=O) groups excluding carboxylic acids is 1. The Morgan fingerprint density at radius 2 is 0.694 bits per heavy atom. The van der Waals surface area contributed by atoms with Crippen molar-refractivity contribution in [2.75, 3.05) is 6.61 Å². The summed E-state index contributed by atoms with van der Waals surface area (Å²) in [7, 11) is 0. The van der Waals surface area contributed by atoms with Crippen molar-refractivity contribution >= 4 is 5.91 Å². The van der Waals surface area contributed by atoms with Crippen LogP contribution in [0, 0.1) is 0 Å². The first-order valence-electron chi connectivity index (χ1n) is 21.9. The van der Waals surface area contributed by atoms with Crippen molar-refractivity contribution in [3.63, 3.8) is 0 Å². The zero-order valence-electron chi connectivity index (χ0n) is 33.0. The third-order valence-electron chi connectivity index (χ3n) is 10.6. The van der Waals surface area contributed by atoms with Gasteiger partial charge in [-0.3, -0.25) is 4.79 Å². The van der Waals surface area contributed by atoms with Crippen LogP contribution in [-0.2, 0) is 4.79 Å². The van der Waals surface area contributed by atoms with Crippen molar-refractivity contribution in [2.24, 2.45) is 0 Å². The van der Waals surface area contributed by atoms with Crippen molar-refractivity contribution in [1.29, 1.82) is 0 Å². The normalized spacial score (nSPS) is 14.2. The van der Waals surface area contributed by atoms with Crippen LogP contribution in [0.15, 0.2) is 0 Å². The molecule has 6 heteroatoms. The lowest BCUT2D eigenvalue weighted by Crippen LogP contribution is -2.53. The fraction of sp³-hybridized carbons (Fsp3) is 0.977. The molecule has 6 nitrogen and oxygen atoms in total. The molecule has 5 N–H and O–H groups in total. The predicted molar refractivity (Wildman–Crippen MR) is 210 cm³/mol. The lowest BCUT2D eigenvalue weighted by molar-refractivity contribution is -0.132. The van der Waals surface area contributed by atoms with E-state index in [0.29, 0.717) is 12.8 Å². The number of hydrogen-bond donors (Lipinski definition) is 5. The van der Waals surface area contributed by atoms with Gasteiger partial charge >= 0.3 is 0 Å². The highest BCUT2D eigenvalue weighted by Crippen LogP contribution is 2.17. The summed E-state index contributed by atoms with van der Waals surface area (Å²) in [5, 5.41) is 43.7. The van der Waals surface area contributed by atoms with Gasteiger partial charge in [-0.15, -0.1) is 0 Å². The Morgan fingerprint density at radius 3 is 0.980 bits per heavy atom. The van der Waals surface area contributed by atoms with E-state index in [4.69, 9.17) is 0 Å². The van der Waals surface area contributed by atoms with Crippen LogP contribution in [0.1, 0.15) is 239 Å².